The Hall–Kier alpha value is -2.82. The molecule has 0 aliphatic heterocycles. The van der Waals surface area contributed by atoms with E-state index in [1.807, 2.05) is 26.0 Å². The largest absolute Gasteiger partial charge is 0.482 e. The van der Waals surface area contributed by atoms with Crippen molar-refractivity contribution in [2.45, 2.75) is 33.6 Å². The number of benzene rings is 2. The van der Waals surface area contributed by atoms with E-state index in [9.17, 15) is 9.59 Å². The summed E-state index contributed by atoms with van der Waals surface area (Å²) in [5.74, 6) is 0.784. The van der Waals surface area contributed by atoms with Crippen LogP contribution in [0.1, 0.15) is 48.2 Å². The fourth-order valence-electron chi connectivity index (χ4n) is 2.37. The van der Waals surface area contributed by atoms with Crippen LogP contribution < -0.4 is 14.8 Å². The summed E-state index contributed by atoms with van der Waals surface area (Å²) in [7, 11) is 0. The van der Waals surface area contributed by atoms with Crippen molar-refractivity contribution in [1.82, 2.24) is 5.32 Å². The summed E-state index contributed by atoms with van der Waals surface area (Å²) >= 11 is 0. The molecule has 0 aromatic heterocycles. The molecule has 0 saturated carbocycles. The molecule has 0 saturated heterocycles. The lowest BCUT2D eigenvalue weighted by Crippen LogP contribution is -2.22. The molecule has 0 fully saturated rings. The molecule has 138 valence electrons. The number of carbonyl (C=O) groups excluding carboxylic acids is 2. The molecule has 5 heteroatoms. The molecule has 2 rings (SSSR count). The first-order chi connectivity index (χ1) is 12.4. The number of amides is 1. The minimum absolute atomic E-state index is 0.158. The normalized spacial score (nSPS) is 10.5. The molecule has 0 bridgehead atoms. The van der Waals surface area contributed by atoms with Gasteiger partial charge in [-0.25, -0.2) is 4.79 Å². The molecule has 0 spiro atoms. The zero-order chi connectivity index (χ0) is 19.1. The van der Waals surface area contributed by atoms with E-state index in [1.54, 1.807) is 24.3 Å². The minimum atomic E-state index is -0.495. The van der Waals surface area contributed by atoms with Gasteiger partial charge in [-0.2, -0.15) is 0 Å². The molecule has 5 nitrogen and oxygen atoms in total. The van der Waals surface area contributed by atoms with Crippen LogP contribution in [0.4, 0.5) is 0 Å². The Kier molecular flexibility index (Phi) is 6.78. The number of carbonyl (C=O) groups is 2. The zero-order valence-corrected chi connectivity index (χ0v) is 15.7. The van der Waals surface area contributed by atoms with Gasteiger partial charge in [0.25, 0.3) is 5.91 Å². The third kappa shape index (κ3) is 5.34. The Labute approximate surface area is 154 Å². The maximum absolute atomic E-state index is 12.0. The fourth-order valence-corrected chi connectivity index (χ4v) is 2.37. The second kappa shape index (κ2) is 9.04. The van der Waals surface area contributed by atoms with Crippen LogP contribution in [0.2, 0.25) is 0 Å². The van der Waals surface area contributed by atoms with E-state index < -0.39 is 5.97 Å². The smallest absolute Gasteiger partial charge is 0.349 e. The van der Waals surface area contributed by atoms with Gasteiger partial charge in [0.05, 0.1) is 0 Å². The summed E-state index contributed by atoms with van der Waals surface area (Å²) in [4.78, 5) is 23.7. The number of hydrogen-bond donors (Lipinski definition) is 1. The highest BCUT2D eigenvalue weighted by molar-refractivity contribution is 5.94. The van der Waals surface area contributed by atoms with Gasteiger partial charge in [0, 0.05) is 12.1 Å². The van der Waals surface area contributed by atoms with E-state index in [-0.39, 0.29) is 12.5 Å². The number of ether oxygens (including phenoxy) is 2. The first kappa shape index (κ1) is 19.5. The van der Waals surface area contributed by atoms with Crippen molar-refractivity contribution in [3.05, 3.63) is 59.2 Å². The van der Waals surface area contributed by atoms with Gasteiger partial charge in [0.2, 0.25) is 0 Å². The average molecular weight is 355 g/mol. The van der Waals surface area contributed by atoms with E-state index in [0.29, 0.717) is 29.5 Å². The summed E-state index contributed by atoms with van der Waals surface area (Å²) in [6.07, 6.45) is 0. The molecule has 0 aliphatic carbocycles. The van der Waals surface area contributed by atoms with Gasteiger partial charge in [-0.3, -0.25) is 4.79 Å². The maximum atomic E-state index is 12.0. The lowest BCUT2D eigenvalue weighted by molar-refractivity contribution is -0.136. The van der Waals surface area contributed by atoms with E-state index in [4.69, 9.17) is 9.47 Å². The lowest BCUT2D eigenvalue weighted by Gasteiger charge is -2.12. The van der Waals surface area contributed by atoms with Crippen LogP contribution in [-0.4, -0.2) is 25.0 Å². The number of aryl methyl sites for hydroxylation is 1. The highest BCUT2D eigenvalue weighted by Gasteiger charge is 2.10. The standard InChI is InChI=1S/C21H25NO4/c1-5-22-21(24)16-8-10-18(11-9-16)26-20(23)13-25-19-12-17(14(2)3)7-6-15(19)4/h6-12,14H,5,13H2,1-4H3,(H,22,24). The van der Waals surface area contributed by atoms with Crippen molar-refractivity contribution in [1.29, 1.82) is 0 Å². The lowest BCUT2D eigenvalue weighted by atomic mass is 10.0. The Bertz CT molecular complexity index is 766. The summed E-state index contributed by atoms with van der Waals surface area (Å²) in [5, 5.41) is 2.71. The van der Waals surface area contributed by atoms with Gasteiger partial charge >= 0.3 is 5.97 Å². The first-order valence-electron chi connectivity index (χ1n) is 8.73. The maximum Gasteiger partial charge on any atom is 0.349 e. The minimum Gasteiger partial charge on any atom is -0.482 e. The van der Waals surface area contributed by atoms with Crippen molar-refractivity contribution < 1.29 is 19.1 Å². The third-order valence-corrected chi connectivity index (χ3v) is 3.91. The Balaban J connectivity index is 1.93. The predicted molar refractivity (Wildman–Crippen MR) is 101 cm³/mol. The summed E-state index contributed by atoms with van der Waals surface area (Å²) < 4.78 is 10.9. The highest BCUT2D eigenvalue weighted by Crippen LogP contribution is 2.24. The summed E-state index contributed by atoms with van der Waals surface area (Å²) in [6, 6.07) is 12.4. The molecular formula is C21H25NO4. The van der Waals surface area contributed by atoms with Crippen LogP contribution in [0.25, 0.3) is 0 Å². The molecule has 0 radical (unpaired) electrons. The molecule has 2 aromatic carbocycles. The Morgan fingerprint density at radius 2 is 1.77 bits per heavy atom. The van der Waals surface area contributed by atoms with E-state index in [0.717, 1.165) is 11.1 Å². The molecule has 0 unspecified atom stereocenters. The molecule has 0 aliphatic rings. The van der Waals surface area contributed by atoms with Crippen LogP contribution in [0.3, 0.4) is 0 Å². The van der Waals surface area contributed by atoms with E-state index in [2.05, 4.69) is 25.2 Å². The molecule has 2 aromatic rings. The second-order valence-corrected chi connectivity index (χ2v) is 6.33. The number of nitrogens with one attached hydrogen (secondary N) is 1. The molecule has 26 heavy (non-hydrogen) atoms. The predicted octanol–water partition coefficient (Wildman–Crippen LogP) is 3.85. The van der Waals surface area contributed by atoms with Crippen LogP contribution in [-0.2, 0) is 4.79 Å². The second-order valence-electron chi connectivity index (χ2n) is 6.33. The van der Waals surface area contributed by atoms with Gasteiger partial charge in [-0.05, 0) is 61.2 Å². The fraction of sp³-hybridized carbons (Fsp3) is 0.333. The van der Waals surface area contributed by atoms with Crippen LogP contribution in [0.5, 0.6) is 11.5 Å². The van der Waals surface area contributed by atoms with Crippen molar-refractivity contribution >= 4 is 11.9 Å². The highest BCUT2D eigenvalue weighted by atomic mass is 16.6. The van der Waals surface area contributed by atoms with Crippen LogP contribution >= 0.6 is 0 Å². The topological polar surface area (TPSA) is 64.6 Å². The van der Waals surface area contributed by atoms with Crippen LogP contribution in [0.15, 0.2) is 42.5 Å². The number of rotatable bonds is 7. The van der Waals surface area contributed by atoms with Gasteiger partial charge in [-0.1, -0.05) is 26.0 Å². The molecule has 0 heterocycles. The van der Waals surface area contributed by atoms with Crippen molar-refractivity contribution in [2.75, 3.05) is 13.2 Å². The number of hydrogen-bond acceptors (Lipinski definition) is 4. The number of esters is 1. The third-order valence-electron chi connectivity index (χ3n) is 3.91. The van der Waals surface area contributed by atoms with Gasteiger partial charge < -0.3 is 14.8 Å². The molecule has 1 N–H and O–H groups in total. The summed E-state index contributed by atoms with van der Waals surface area (Å²) in [6.45, 7) is 8.38. The Morgan fingerprint density at radius 3 is 2.38 bits per heavy atom. The van der Waals surface area contributed by atoms with Crippen molar-refractivity contribution in [2.24, 2.45) is 0 Å². The molecule has 1 amide bonds. The monoisotopic (exact) mass is 355 g/mol. The van der Waals surface area contributed by atoms with Crippen LogP contribution in [0, 0.1) is 6.92 Å². The average Bonchev–Trinajstić information content (AvgIpc) is 2.61. The molecular weight excluding hydrogens is 330 g/mol. The van der Waals surface area contributed by atoms with Crippen molar-refractivity contribution in [3.8, 4) is 11.5 Å². The first-order valence-corrected chi connectivity index (χ1v) is 8.73. The summed E-state index contributed by atoms with van der Waals surface area (Å²) in [5.41, 5.74) is 2.64. The van der Waals surface area contributed by atoms with Gasteiger partial charge in [0.15, 0.2) is 6.61 Å². The van der Waals surface area contributed by atoms with Gasteiger partial charge in [-0.15, -0.1) is 0 Å². The SMILES string of the molecule is CCNC(=O)c1ccc(OC(=O)COc2cc(C(C)C)ccc2C)cc1. The Morgan fingerprint density at radius 1 is 1.08 bits per heavy atom. The van der Waals surface area contributed by atoms with E-state index in [1.165, 1.54) is 0 Å². The van der Waals surface area contributed by atoms with E-state index >= 15 is 0 Å². The quantitative estimate of drug-likeness (QED) is 0.605. The molecule has 0 atom stereocenters. The van der Waals surface area contributed by atoms with Crippen molar-refractivity contribution in [3.63, 3.8) is 0 Å². The zero-order valence-electron chi connectivity index (χ0n) is 15.7. The van der Waals surface area contributed by atoms with Gasteiger partial charge in [0.1, 0.15) is 11.5 Å².